The Balaban J connectivity index is 2.37. The molecule has 0 bridgehead atoms. The summed E-state index contributed by atoms with van der Waals surface area (Å²) in [6.45, 7) is 5.83. The molecule has 3 heteroatoms. The average molecular weight is 199 g/mol. The summed E-state index contributed by atoms with van der Waals surface area (Å²) >= 11 is 0. The van der Waals surface area contributed by atoms with Gasteiger partial charge >= 0.3 is 0 Å². The second kappa shape index (κ2) is 4.78. The van der Waals surface area contributed by atoms with Crippen molar-refractivity contribution in [2.45, 2.75) is 52.2 Å². The van der Waals surface area contributed by atoms with Gasteiger partial charge in [0.25, 0.3) is 0 Å². The molecule has 0 heterocycles. The summed E-state index contributed by atoms with van der Waals surface area (Å²) in [5.41, 5.74) is 0. The van der Waals surface area contributed by atoms with Crippen LogP contribution in [0.1, 0.15) is 40.0 Å². The van der Waals surface area contributed by atoms with Crippen molar-refractivity contribution in [1.82, 2.24) is 5.32 Å². The zero-order valence-electron chi connectivity index (χ0n) is 9.29. The van der Waals surface area contributed by atoms with Gasteiger partial charge in [0.15, 0.2) is 0 Å². The zero-order chi connectivity index (χ0) is 10.7. The van der Waals surface area contributed by atoms with E-state index in [4.69, 9.17) is 0 Å². The fourth-order valence-electron chi connectivity index (χ4n) is 1.80. The summed E-state index contributed by atoms with van der Waals surface area (Å²) in [6.07, 6.45) is 2.46. The molecule has 1 aliphatic rings. The maximum Gasteiger partial charge on any atom is 0.222 e. The normalized spacial score (nSPS) is 33.1. The first-order chi connectivity index (χ1) is 6.50. The molecule has 3 atom stereocenters. The van der Waals surface area contributed by atoms with E-state index < -0.39 is 0 Å². The molecule has 0 saturated heterocycles. The third-order valence-corrected chi connectivity index (χ3v) is 3.02. The van der Waals surface area contributed by atoms with Gasteiger partial charge in [0.05, 0.1) is 6.10 Å². The van der Waals surface area contributed by atoms with Crippen molar-refractivity contribution >= 4 is 5.91 Å². The Labute approximate surface area is 85.9 Å². The number of aliphatic hydroxyl groups is 1. The van der Waals surface area contributed by atoms with Crippen LogP contribution >= 0.6 is 0 Å². The standard InChI is InChI=1S/C11H21NO2/c1-7(2)11(14)12-9-5-4-8(3)10(13)6-9/h7-10,13H,4-6H2,1-3H3,(H,12,14)/t8-,9-,10-/m0/s1. The molecule has 2 N–H and O–H groups in total. The first-order valence-electron chi connectivity index (χ1n) is 5.49. The number of amides is 1. The summed E-state index contributed by atoms with van der Waals surface area (Å²) < 4.78 is 0. The highest BCUT2D eigenvalue weighted by molar-refractivity contribution is 5.78. The molecule has 3 nitrogen and oxygen atoms in total. The van der Waals surface area contributed by atoms with Gasteiger partial charge < -0.3 is 10.4 Å². The molecule has 1 aliphatic carbocycles. The van der Waals surface area contributed by atoms with Crippen molar-refractivity contribution in [1.29, 1.82) is 0 Å². The van der Waals surface area contributed by atoms with Gasteiger partial charge in [0, 0.05) is 12.0 Å². The molecule has 0 radical (unpaired) electrons. The molecule has 0 aromatic heterocycles. The molecule has 0 aromatic rings. The van der Waals surface area contributed by atoms with E-state index in [2.05, 4.69) is 12.2 Å². The lowest BCUT2D eigenvalue weighted by Gasteiger charge is -2.31. The zero-order valence-corrected chi connectivity index (χ0v) is 9.29. The van der Waals surface area contributed by atoms with Crippen LogP contribution in [0.4, 0.5) is 0 Å². The first kappa shape index (κ1) is 11.5. The molecule has 0 aromatic carbocycles. The van der Waals surface area contributed by atoms with Gasteiger partial charge in [-0.15, -0.1) is 0 Å². The summed E-state index contributed by atoms with van der Waals surface area (Å²) in [4.78, 5) is 11.4. The SMILES string of the molecule is CC(C)C(=O)N[C@H]1CC[C@H](C)[C@@H](O)C1. The summed E-state index contributed by atoms with van der Waals surface area (Å²) in [5.74, 6) is 0.505. The predicted molar refractivity (Wildman–Crippen MR) is 55.8 cm³/mol. The minimum absolute atomic E-state index is 0.0338. The second-order valence-electron chi connectivity index (χ2n) is 4.72. The van der Waals surface area contributed by atoms with E-state index in [-0.39, 0.29) is 24.0 Å². The summed E-state index contributed by atoms with van der Waals surface area (Å²) in [7, 11) is 0. The second-order valence-corrected chi connectivity index (χ2v) is 4.72. The van der Waals surface area contributed by atoms with Crippen molar-refractivity contribution < 1.29 is 9.90 Å². The van der Waals surface area contributed by atoms with Crippen LogP contribution in [-0.2, 0) is 4.79 Å². The Hall–Kier alpha value is -0.570. The molecule has 82 valence electrons. The Morgan fingerprint density at radius 3 is 2.57 bits per heavy atom. The summed E-state index contributed by atoms with van der Waals surface area (Å²) in [5, 5.41) is 12.6. The first-order valence-corrected chi connectivity index (χ1v) is 5.49. The van der Waals surface area contributed by atoms with Gasteiger partial charge in [-0.3, -0.25) is 4.79 Å². The van der Waals surface area contributed by atoms with Gasteiger partial charge in [-0.1, -0.05) is 20.8 Å². The number of aliphatic hydroxyl groups excluding tert-OH is 1. The predicted octanol–water partition coefficient (Wildman–Crippen LogP) is 1.31. The molecule has 0 spiro atoms. The van der Waals surface area contributed by atoms with Gasteiger partial charge in [-0.05, 0) is 25.2 Å². The largest absolute Gasteiger partial charge is 0.393 e. The lowest BCUT2D eigenvalue weighted by Crippen LogP contribution is -2.43. The van der Waals surface area contributed by atoms with Crippen LogP contribution in [0.25, 0.3) is 0 Å². The van der Waals surface area contributed by atoms with Crippen LogP contribution in [0.2, 0.25) is 0 Å². The molecule has 1 rings (SSSR count). The lowest BCUT2D eigenvalue weighted by atomic mass is 9.84. The van der Waals surface area contributed by atoms with Gasteiger partial charge in [-0.2, -0.15) is 0 Å². The van der Waals surface area contributed by atoms with Crippen molar-refractivity contribution in [2.75, 3.05) is 0 Å². The van der Waals surface area contributed by atoms with Gasteiger partial charge in [0.1, 0.15) is 0 Å². The molecular formula is C11H21NO2. The van der Waals surface area contributed by atoms with Crippen LogP contribution in [-0.4, -0.2) is 23.2 Å². The lowest BCUT2D eigenvalue weighted by molar-refractivity contribution is -0.125. The maximum atomic E-state index is 11.4. The third-order valence-electron chi connectivity index (χ3n) is 3.02. The number of hydrogen-bond donors (Lipinski definition) is 2. The van der Waals surface area contributed by atoms with Crippen LogP contribution in [0, 0.1) is 11.8 Å². The van der Waals surface area contributed by atoms with Gasteiger partial charge in [0.2, 0.25) is 5.91 Å². The van der Waals surface area contributed by atoms with E-state index in [9.17, 15) is 9.90 Å². The highest BCUT2D eigenvalue weighted by Gasteiger charge is 2.27. The number of carbonyl (C=O) groups is 1. The number of hydrogen-bond acceptors (Lipinski definition) is 2. The van der Waals surface area contributed by atoms with E-state index in [0.717, 1.165) is 12.8 Å². The Bertz CT molecular complexity index is 203. The fourth-order valence-corrected chi connectivity index (χ4v) is 1.80. The third kappa shape index (κ3) is 2.98. The highest BCUT2D eigenvalue weighted by Crippen LogP contribution is 2.24. The number of carbonyl (C=O) groups excluding carboxylic acids is 1. The van der Waals surface area contributed by atoms with Crippen molar-refractivity contribution in [2.24, 2.45) is 11.8 Å². The van der Waals surface area contributed by atoms with Crippen LogP contribution < -0.4 is 5.32 Å². The number of nitrogens with one attached hydrogen (secondary N) is 1. The molecule has 1 fully saturated rings. The highest BCUT2D eigenvalue weighted by atomic mass is 16.3. The molecule has 1 saturated carbocycles. The Morgan fingerprint density at radius 2 is 2.07 bits per heavy atom. The molecule has 14 heavy (non-hydrogen) atoms. The van der Waals surface area contributed by atoms with Crippen molar-refractivity contribution in [3.05, 3.63) is 0 Å². The smallest absolute Gasteiger partial charge is 0.222 e. The monoisotopic (exact) mass is 199 g/mol. The topological polar surface area (TPSA) is 49.3 Å². The van der Waals surface area contributed by atoms with Crippen LogP contribution in [0.15, 0.2) is 0 Å². The van der Waals surface area contributed by atoms with Crippen LogP contribution in [0.3, 0.4) is 0 Å². The van der Waals surface area contributed by atoms with Gasteiger partial charge in [-0.25, -0.2) is 0 Å². The Kier molecular flexibility index (Phi) is 3.93. The van der Waals surface area contributed by atoms with Crippen LogP contribution in [0.5, 0.6) is 0 Å². The summed E-state index contributed by atoms with van der Waals surface area (Å²) in [6, 6.07) is 0.177. The van der Waals surface area contributed by atoms with E-state index in [0.29, 0.717) is 12.3 Å². The molecule has 0 aliphatic heterocycles. The van der Waals surface area contributed by atoms with E-state index >= 15 is 0 Å². The maximum absolute atomic E-state index is 11.4. The molecule has 0 unspecified atom stereocenters. The van der Waals surface area contributed by atoms with E-state index in [1.165, 1.54) is 0 Å². The minimum Gasteiger partial charge on any atom is -0.393 e. The molecule has 1 amide bonds. The van der Waals surface area contributed by atoms with Crippen molar-refractivity contribution in [3.8, 4) is 0 Å². The quantitative estimate of drug-likeness (QED) is 0.704. The minimum atomic E-state index is -0.249. The average Bonchev–Trinajstić information content (AvgIpc) is 2.11. The number of rotatable bonds is 2. The van der Waals surface area contributed by atoms with Crippen molar-refractivity contribution in [3.63, 3.8) is 0 Å². The van der Waals surface area contributed by atoms with E-state index in [1.807, 2.05) is 13.8 Å². The molecular weight excluding hydrogens is 178 g/mol. The Morgan fingerprint density at radius 1 is 1.43 bits per heavy atom. The fraction of sp³-hybridized carbons (Fsp3) is 0.909. The van der Waals surface area contributed by atoms with E-state index in [1.54, 1.807) is 0 Å².